The van der Waals surface area contributed by atoms with Crippen LogP contribution in [-0.2, 0) is 0 Å². The molecule has 1 atom stereocenters. The van der Waals surface area contributed by atoms with E-state index in [1.54, 1.807) is 0 Å². The zero-order chi connectivity index (χ0) is 7.11. The Kier molecular flexibility index (Phi) is 7.33. The van der Waals surface area contributed by atoms with Crippen LogP contribution in [0.3, 0.4) is 0 Å². The fourth-order valence-electron chi connectivity index (χ4n) is 0.679. The van der Waals surface area contributed by atoms with Crippen molar-refractivity contribution >= 4 is 22.6 Å². The molecule has 1 nitrogen and oxygen atoms in total. The van der Waals surface area contributed by atoms with Gasteiger partial charge in [-0.1, -0.05) is 35.9 Å². The Balaban J connectivity index is 2.88. The summed E-state index contributed by atoms with van der Waals surface area (Å²) < 4.78 is 1.25. The third-order valence-electron chi connectivity index (χ3n) is 1.39. The minimum atomic E-state index is 0.348. The smallest absolute Gasteiger partial charge is 0.0456 e. The molecule has 0 fully saturated rings. The molecule has 0 saturated heterocycles. The van der Waals surface area contributed by atoms with Crippen LogP contribution >= 0.6 is 22.6 Å². The zero-order valence-corrected chi connectivity index (χ0v) is 8.10. The van der Waals surface area contributed by atoms with Gasteiger partial charge >= 0.3 is 0 Å². The van der Waals surface area contributed by atoms with Crippen LogP contribution in [0, 0.1) is 5.92 Å². The fourth-order valence-corrected chi connectivity index (χ4v) is 1.22. The molecule has 0 saturated carbocycles. The van der Waals surface area contributed by atoms with E-state index in [9.17, 15) is 0 Å². The van der Waals surface area contributed by atoms with Gasteiger partial charge in [-0.25, -0.2) is 0 Å². The van der Waals surface area contributed by atoms with Crippen molar-refractivity contribution in [3.8, 4) is 0 Å². The zero-order valence-electron chi connectivity index (χ0n) is 5.94. The lowest BCUT2D eigenvalue weighted by molar-refractivity contribution is 0.228. The minimum absolute atomic E-state index is 0.348. The van der Waals surface area contributed by atoms with Crippen LogP contribution in [-0.4, -0.2) is 16.1 Å². The van der Waals surface area contributed by atoms with Crippen LogP contribution in [0.2, 0.25) is 0 Å². The highest BCUT2D eigenvalue weighted by atomic mass is 127. The van der Waals surface area contributed by atoms with Gasteiger partial charge < -0.3 is 5.11 Å². The molecule has 0 aliphatic carbocycles. The van der Waals surface area contributed by atoms with Crippen molar-refractivity contribution in [1.82, 2.24) is 0 Å². The van der Waals surface area contributed by atoms with E-state index in [0.717, 1.165) is 0 Å². The molecule has 0 aliphatic rings. The SMILES string of the molecule is C[C@H](CO)CCCCI. The van der Waals surface area contributed by atoms with Gasteiger partial charge in [0.2, 0.25) is 0 Å². The number of halogens is 1. The van der Waals surface area contributed by atoms with Crippen molar-refractivity contribution in [3.05, 3.63) is 0 Å². The molecule has 0 amide bonds. The summed E-state index contributed by atoms with van der Waals surface area (Å²) in [6.45, 7) is 2.44. The number of alkyl halides is 1. The summed E-state index contributed by atoms with van der Waals surface area (Å²) in [6.07, 6.45) is 3.75. The molecular weight excluding hydrogens is 227 g/mol. The predicted molar refractivity (Wildman–Crippen MR) is 49.0 cm³/mol. The molecule has 0 aromatic heterocycles. The van der Waals surface area contributed by atoms with Crippen LogP contribution in [0.15, 0.2) is 0 Å². The molecule has 0 rings (SSSR count). The number of rotatable bonds is 5. The second kappa shape index (κ2) is 6.81. The van der Waals surface area contributed by atoms with Gasteiger partial charge in [0.05, 0.1) is 0 Å². The molecule has 2 heteroatoms. The van der Waals surface area contributed by atoms with E-state index in [1.165, 1.54) is 23.7 Å². The number of aliphatic hydroxyl groups is 1. The van der Waals surface area contributed by atoms with Crippen LogP contribution < -0.4 is 0 Å². The Morgan fingerprint density at radius 3 is 2.56 bits per heavy atom. The van der Waals surface area contributed by atoms with E-state index in [-0.39, 0.29) is 0 Å². The third-order valence-corrected chi connectivity index (χ3v) is 2.16. The van der Waals surface area contributed by atoms with Gasteiger partial charge in [-0.3, -0.25) is 0 Å². The van der Waals surface area contributed by atoms with Crippen LogP contribution in [0.25, 0.3) is 0 Å². The summed E-state index contributed by atoms with van der Waals surface area (Å²) >= 11 is 2.38. The number of aliphatic hydroxyl groups excluding tert-OH is 1. The van der Waals surface area contributed by atoms with E-state index in [2.05, 4.69) is 29.5 Å². The third kappa shape index (κ3) is 6.58. The maximum Gasteiger partial charge on any atom is 0.0456 e. The van der Waals surface area contributed by atoms with Crippen LogP contribution in [0.1, 0.15) is 26.2 Å². The molecule has 0 aromatic carbocycles. The first-order chi connectivity index (χ1) is 4.31. The van der Waals surface area contributed by atoms with Gasteiger partial charge in [-0.2, -0.15) is 0 Å². The van der Waals surface area contributed by atoms with Gasteiger partial charge in [0.15, 0.2) is 0 Å². The maximum absolute atomic E-state index is 8.63. The van der Waals surface area contributed by atoms with Gasteiger partial charge in [0.1, 0.15) is 0 Å². The highest BCUT2D eigenvalue weighted by molar-refractivity contribution is 14.1. The summed E-state index contributed by atoms with van der Waals surface area (Å²) in [5, 5.41) is 8.63. The van der Waals surface area contributed by atoms with E-state index < -0.39 is 0 Å². The Morgan fingerprint density at radius 2 is 2.11 bits per heavy atom. The minimum Gasteiger partial charge on any atom is -0.396 e. The van der Waals surface area contributed by atoms with Crippen LogP contribution in [0.5, 0.6) is 0 Å². The number of unbranched alkanes of at least 4 members (excludes halogenated alkanes) is 1. The highest BCUT2D eigenvalue weighted by Gasteiger charge is 1.97. The topological polar surface area (TPSA) is 20.2 Å². The van der Waals surface area contributed by atoms with Crippen molar-refractivity contribution in [2.75, 3.05) is 11.0 Å². The first kappa shape index (κ1) is 9.69. The van der Waals surface area contributed by atoms with Crippen molar-refractivity contribution < 1.29 is 5.11 Å². The standard InChI is InChI=1S/C7H15IO/c1-7(6-9)4-2-3-5-8/h7,9H,2-6H2,1H3/t7-/m0/s1. The molecule has 1 N–H and O–H groups in total. The number of hydrogen-bond donors (Lipinski definition) is 1. The molecule has 0 bridgehead atoms. The second-order valence-corrected chi connectivity index (χ2v) is 3.55. The maximum atomic E-state index is 8.63. The molecule has 0 spiro atoms. The molecule has 0 aliphatic heterocycles. The average molecular weight is 242 g/mol. The van der Waals surface area contributed by atoms with Crippen LogP contribution in [0.4, 0.5) is 0 Å². The Bertz CT molecular complexity index is 56.9. The molecule has 9 heavy (non-hydrogen) atoms. The monoisotopic (exact) mass is 242 g/mol. The molecular formula is C7H15IO. The average Bonchev–Trinajstić information content (AvgIpc) is 1.89. The van der Waals surface area contributed by atoms with E-state index >= 15 is 0 Å². The molecule has 0 aromatic rings. The Morgan fingerprint density at radius 1 is 1.44 bits per heavy atom. The molecule has 56 valence electrons. The predicted octanol–water partition coefficient (Wildman–Crippen LogP) is 2.22. The van der Waals surface area contributed by atoms with Gasteiger partial charge in [-0.05, 0) is 23.2 Å². The van der Waals surface area contributed by atoms with Gasteiger partial charge in [0, 0.05) is 6.61 Å². The normalized spacial score (nSPS) is 13.7. The van der Waals surface area contributed by atoms with Gasteiger partial charge in [0.25, 0.3) is 0 Å². The van der Waals surface area contributed by atoms with Crippen molar-refractivity contribution in [2.45, 2.75) is 26.2 Å². The molecule has 0 heterocycles. The van der Waals surface area contributed by atoms with E-state index in [0.29, 0.717) is 12.5 Å². The van der Waals surface area contributed by atoms with Crippen molar-refractivity contribution in [2.24, 2.45) is 5.92 Å². The lowest BCUT2D eigenvalue weighted by atomic mass is 10.1. The first-order valence-electron chi connectivity index (χ1n) is 3.48. The Hall–Kier alpha value is 0.690. The van der Waals surface area contributed by atoms with Crippen molar-refractivity contribution in [1.29, 1.82) is 0 Å². The summed E-state index contributed by atoms with van der Waals surface area (Å²) in [5.41, 5.74) is 0. The summed E-state index contributed by atoms with van der Waals surface area (Å²) in [6, 6.07) is 0. The summed E-state index contributed by atoms with van der Waals surface area (Å²) in [4.78, 5) is 0. The Labute approximate surface area is 71.0 Å². The largest absolute Gasteiger partial charge is 0.396 e. The number of hydrogen-bond acceptors (Lipinski definition) is 1. The second-order valence-electron chi connectivity index (χ2n) is 2.47. The fraction of sp³-hybridized carbons (Fsp3) is 1.00. The molecule has 0 unspecified atom stereocenters. The van der Waals surface area contributed by atoms with E-state index in [1.807, 2.05) is 0 Å². The summed E-state index contributed by atoms with van der Waals surface area (Å²) in [7, 11) is 0. The van der Waals surface area contributed by atoms with E-state index in [4.69, 9.17) is 5.11 Å². The lowest BCUT2D eigenvalue weighted by Crippen LogP contribution is -1.99. The van der Waals surface area contributed by atoms with Crippen molar-refractivity contribution in [3.63, 3.8) is 0 Å². The summed E-state index contributed by atoms with van der Waals surface area (Å²) in [5.74, 6) is 0.507. The molecule has 0 radical (unpaired) electrons. The quantitative estimate of drug-likeness (QED) is 0.445. The lowest BCUT2D eigenvalue weighted by Gasteiger charge is -2.04. The van der Waals surface area contributed by atoms with Gasteiger partial charge in [-0.15, -0.1) is 0 Å². The highest BCUT2D eigenvalue weighted by Crippen LogP contribution is 2.07. The first-order valence-corrected chi connectivity index (χ1v) is 5.00.